The van der Waals surface area contributed by atoms with Gasteiger partial charge in [0.05, 0.1) is 16.1 Å². The van der Waals surface area contributed by atoms with Crippen molar-refractivity contribution in [3.05, 3.63) is 45.6 Å². The molecule has 0 amide bonds. The third kappa shape index (κ3) is 2.75. The van der Waals surface area contributed by atoms with E-state index < -0.39 is 0 Å². The van der Waals surface area contributed by atoms with Gasteiger partial charge >= 0.3 is 0 Å². The van der Waals surface area contributed by atoms with Gasteiger partial charge in [0, 0.05) is 17.5 Å². The summed E-state index contributed by atoms with van der Waals surface area (Å²) >= 11 is 7.39. The second-order valence-corrected chi connectivity index (χ2v) is 4.95. The van der Waals surface area contributed by atoms with Crippen LogP contribution in [-0.4, -0.2) is 9.97 Å². The highest BCUT2D eigenvalue weighted by atomic mass is 35.5. The zero-order valence-corrected chi connectivity index (χ0v) is 9.50. The van der Waals surface area contributed by atoms with Crippen molar-refractivity contribution in [3.63, 3.8) is 0 Å². The van der Waals surface area contributed by atoms with Gasteiger partial charge < -0.3 is 5.73 Å². The predicted molar refractivity (Wildman–Crippen MR) is 62.0 cm³/mol. The third-order valence-corrected chi connectivity index (χ3v) is 3.29. The molecule has 1 atom stereocenters. The molecule has 2 heterocycles. The molecule has 78 valence electrons. The molecule has 15 heavy (non-hydrogen) atoms. The Kier molecular flexibility index (Phi) is 3.30. The second-order valence-electron chi connectivity index (χ2n) is 3.15. The van der Waals surface area contributed by atoms with E-state index in [2.05, 4.69) is 9.97 Å². The van der Waals surface area contributed by atoms with Gasteiger partial charge in [-0.2, -0.15) is 0 Å². The van der Waals surface area contributed by atoms with Crippen molar-refractivity contribution in [3.8, 4) is 0 Å². The molecule has 0 radical (unpaired) electrons. The van der Waals surface area contributed by atoms with E-state index in [-0.39, 0.29) is 6.04 Å². The molecule has 5 heteroatoms. The van der Waals surface area contributed by atoms with E-state index in [1.54, 1.807) is 17.5 Å². The van der Waals surface area contributed by atoms with Gasteiger partial charge in [0.25, 0.3) is 0 Å². The summed E-state index contributed by atoms with van der Waals surface area (Å²) in [6.45, 7) is 0. The van der Waals surface area contributed by atoms with Crippen molar-refractivity contribution in [2.24, 2.45) is 5.73 Å². The SMILES string of the molecule is NC(Cc1ccc(Cl)s1)c1ccncn1. The van der Waals surface area contributed by atoms with Crippen LogP contribution in [-0.2, 0) is 6.42 Å². The Morgan fingerprint density at radius 1 is 1.40 bits per heavy atom. The molecule has 3 nitrogen and oxygen atoms in total. The highest BCUT2D eigenvalue weighted by Crippen LogP contribution is 2.24. The van der Waals surface area contributed by atoms with Gasteiger partial charge in [0.2, 0.25) is 0 Å². The van der Waals surface area contributed by atoms with Crippen LogP contribution in [0.3, 0.4) is 0 Å². The fourth-order valence-corrected chi connectivity index (χ4v) is 2.45. The molecule has 2 rings (SSSR count). The summed E-state index contributed by atoms with van der Waals surface area (Å²) in [5, 5.41) is 0. The molecule has 0 aliphatic rings. The standard InChI is InChI=1S/C10H10ClN3S/c11-10-2-1-7(15-10)5-8(12)9-3-4-13-6-14-9/h1-4,6,8H,5,12H2. The fraction of sp³-hybridized carbons (Fsp3) is 0.200. The van der Waals surface area contributed by atoms with E-state index in [0.717, 1.165) is 16.5 Å². The van der Waals surface area contributed by atoms with Gasteiger partial charge in [-0.05, 0) is 18.2 Å². The van der Waals surface area contributed by atoms with Crippen LogP contribution in [0.15, 0.2) is 30.7 Å². The van der Waals surface area contributed by atoms with Crippen LogP contribution in [0.1, 0.15) is 16.6 Å². The van der Waals surface area contributed by atoms with E-state index in [4.69, 9.17) is 17.3 Å². The molecule has 0 fully saturated rings. The Hall–Kier alpha value is -0.970. The molecule has 2 N–H and O–H groups in total. The highest BCUT2D eigenvalue weighted by Gasteiger charge is 2.09. The number of nitrogens with two attached hydrogens (primary N) is 1. The van der Waals surface area contributed by atoms with E-state index in [1.165, 1.54) is 11.2 Å². The average molecular weight is 240 g/mol. The minimum atomic E-state index is -0.0947. The van der Waals surface area contributed by atoms with E-state index in [9.17, 15) is 0 Å². The topological polar surface area (TPSA) is 51.8 Å². The lowest BCUT2D eigenvalue weighted by Gasteiger charge is -2.08. The Balaban J connectivity index is 2.07. The van der Waals surface area contributed by atoms with Crippen molar-refractivity contribution in [1.82, 2.24) is 9.97 Å². The van der Waals surface area contributed by atoms with Gasteiger partial charge in [-0.15, -0.1) is 11.3 Å². The smallest absolute Gasteiger partial charge is 0.115 e. The van der Waals surface area contributed by atoms with Crippen molar-refractivity contribution < 1.29 is 0 Å². The molecule has 0 bridgehead atoms. The monoisotopic (exact) mass is 239 g/mol. The maximum atomic E-state index is 6.01. The zero-order chi connectivity index (χ0) is 10.7. The molecular formula is C10H10ClN3S. The lowest BCUT2D eigenvalue weighted by molar-refractivity contribution is 0.700. The first kappa shape index (κ1) is 10.5. The van der Waals surface area contributed by atoms with Gasteiger partial charge in [-0.3, -0.25) is 0 Å². The number of hydrogen-bond acceptors (Lipinski definition) is 4. The molecule has 0 aliphatic heterocycles. The maximum absolute atomic E-state index is 6.01. The number of aromatic nitrogens is 2. The Morgan fingerprint density at radius 2 is 2.27 bits per heavy atom. The third-order valence-electron chi connectivity index (χ3n) is 2.03. The summed E-state index contributed by atoms with van der Waals surface area (Å²) in [4.78, 5) is 9.14. The zero-order valence-electron chi connectivity index (χ0n) is 7.93. The number of halogens is 1. The van der Waals surface area contributed by atoms with Crippen molar-refractivity contribution in [1.29, 1.82) is 0 Å². The summed E-state index contributed by atoms with van der Waals surface area (Å²) < 4.78 is 0.792. The quantitative estimate of drug-likeness (QED) is 0.895. The number of nitrogens with zero attached hydrogens (tertiary/aromatic N) is 2. The van der Waals surface area contributed by atoms with Crippen LogP contribution in [0, 0.1) is 0 Å². The first-order chi connectivity index (χ1) is 7.25. The molecule has 0 aliphatic carbocycles. The maximum Gasteiger partial charge on any atom is 0.115 e. The summed E-state index contributed by atoms with van der Waals surface area (Å²) in [7, 11) is 0. The molecule has 0 saturated heterocycles. The van der Waals surface area contributed by atoms with E-state index >= 15 is 0 Å². The average Bonchev–Trinajstić information content (AvgIpc) is 2.65. The van der Waals surface area contributed by atoms with Crippen molar-refractivity contribution >= 4 is 22.9 Å². The first-order valence-electron chi connectivity index (χ1n) is 4.51. The second kappa shape index (κ2) is 4.70. The van der Waals surface area contributed by atoms with E-state index in [1.807, 2.05) is 18.2 Å². The Labute approximate surface area is 96.9 Å². The van der Waals surface area contributed by atoms with Crippen molar-refractivity contribution in [2.75, 3.05) is 0 Å². The molecule has 1 unspecified atom stereocenters. The lowest BCUT2D eigenvalue weighted by Crippen LogP contribution is -2.14. The largest absolute Gasteiger partial charge is 0.322 e. The number of hydrogen-bond donors (Lipinski definition) is 1. The molecule has 0 saturated carbocycles. The molecule has 0 aromatic carbocycles. The Morgan fingerprint density at radius 3 is 2.87 bits per heavy atom. The van der Waals surface area contributed by atoms with Gasteiger partial charge in [-0.1, -0.05) is 11.6 Å². The van der Waals surface area contributed by atoms with E-state index in [0.29, 0.717) is 0 Å². The highest BCUT2D eigenvalue weighted by molar-refractivity contribution is 7.16. The lowest BCUT2D eigenvalue weighted by atomic mass is 10.1. The van der Waals surface area contributed by atoms with Crippen LogP contribution in [0.5, 0.6) is 0 Å². The van der Waals surface area contributed by atoms with Crippen molar-refractivity contribution in [2.45, 2.75) is 12.5 Å². The van der Waals surface area contributed by atoms with Gasteiger partial charge in [0.1, 0.15) is 6.33 Å². The van der Waals surface area contributed by atoms with Crippen LogP contribution >= 0.6 is 22.9 Å². The first-order valence-corrected chi connectivity index (χ1v) is 5.71. The van der Waals surface area contributed by atoms with Crippen LogP contribution in [0.2, 0.25) is 4.34 Å². The molecule has 2 aromatic rings. The fourth-order valence-electron chi connectivity index (χ4n) is 1.30. The summed E-state index contributed by atoms with van der Waals surface area (Å²) in [6.07, 6.45) is 3.97. The van der Waals surface area contributed by atoms with Crippen LogP contribution < -0.4 is 5.73 Å². The minimum Gasteiger partial charge on any atom is -0.322 e. The predicted octanol–water partition coefficient (Wildman–Crippen LogP) is 2.43. The van der Waals surface area contributed by atoms with Gasteiger partial charge in [-0.25, -0.2) is 9.97 Å². The summed E-state index contributed by atoms with van der Waals surface area (Å²) in [6, 6.07) is 5.62. The Bertz CT molecular complexity index is 429. The summed E-state index contributed by atoms with van der Waals surface area (Å²) in [5.41, 5.74) is 6.87. The molecule has 0 spiro atoms. The number of rotatable bonds is 3. The minimum absolute atomic E-state index is 0.0947. The molecular weight excluding hydrogens is 230 g/mol. The molecule has 2 aromatic heterocycles. The van der Waals surface area contributed by atoms with Crippen LogP contribution in [0.4, 0.5) is 0 Å². The number of thiophene rings is 1. The van der Waals surface area contributed by atoms with Gasteiger partial charge in [0.15, 0.2) is 0 Å². The summed E-state index contributed by atoms with van der Waals surface area (Å²) in [5.74, 6) is 0. The normalized spacial score (nSPS) is 12.7. The van der Waals surface area contributed by atoms with Crippen LogP contribution in [0.25, 0.3) is 0 Å².